The van der Waals surface area contributed by atoms with E-state index in [0.29, 0.717) is 41.7 Å². The van der Waals surface area contributed by atoms with Crippen molar-refractivity contribution in [2.24, 2.45) is 5.92 Å². The number of hydrogen-bond donors (Lipinski definition) is 2. The quantitative estimate of drug-likeness (QED) is 0.332. The monoisotopic (exact) mass is 625 g/mol. The molecule has 0 fully saturated rings. The van der Waals surface area contributed by atoms with Crippen molar-refractivity contribution >= 4 is 17.7 Å². The minimum Gasteiger partial charge on any atom is -0.493 e. The number of hydrogen-bond acceptors (Lipinski definition) is 8. The molecule has 2 bridgehead atoms. The summed E-state index contributed by atoms with van der Waals surface area (Å²) in [6.07, 6.45) is 4.07. The molecule has 0 saturated heterocycles. The molecule has 0 radical (unpaired) electrons. The van der Waals surface area contributed by atoms with Gasteiger partial charge in [0, 0.05) is 43.0 Å². The first-order valence-corrected chi connectivity index (χ1v) is 15.4. The maximum atomic E-state index is 13.6. The highest BCUT2D eigenvalue weighted by Gasteiger charge is 2.27. The molecule has 4 aromatic rings. The van der Waals surface area contributed by atoms with E-state index in [1.165, 1.54) is 12.0 Å². The number of pyridine rings is 1. The van der Waals surface area contributed by atoms with Gasteiger partial charge in [0.25, 0.3) is 5.91 Å². The van der Waals surface area contributed by atoms with Crippen molar-refractivity contribution in [3.8, 4) is 22.9 Å². The SMILES string of the molecule is COc1ccc2cc1OCCn1nc(-c3ccccc3)nc1[C@@H](C(C)C)NC(=O)CN(C(=O)CCc1cccnc1)CCNC2=O. The van der Waals surface area contributed by atoms with Crippen LogP contribution in [0.15, 0.2) is 73.1 Å². The van der Waals surface area contributed by atoms with Gasteiger partial charge in [-0.25, -0.2) is 9.67 Å². The standard InChI is InChI=1S/C34H39N7O5/c1-23(2)31-33-38-32(25-9-5-4-6-10-25)39-41(33)18-19-46-28-20-26(12-13-27(28)45-3)34(44)36-16-17-40(22-29(42)37-31)30(43)14-11-24-8-7-15-35-21-24/h4-10,12-13,15,20-21,23,31H,11,14,16-19,22H2,1-3H3,(H,36,44)(H,37,42)/t31-/m1/s1. The minimum absolute atomic E-state index is 0.0516. The molecule has 1 atom stereocenters. The van der Waals surface area contributed by atoms with Gasteiger partial charge < -0.3 is 25.0 Å². The van der Waals surface area contributed by atoms with E-state index in [9.17, 15) is 14.4 Å². The predicted octanol–water partition coefficient (Wildman–Crippen LogP) is 3.45. The fraction of sp³-hybridized carbons (Fsp3) is 0.353. The number of rotatable bonds is 6. The molecule has 12 heteroatoms. The lowest BCUT2D eigenvalue weighted by atomic mass is 10.0. The molecule has 46 heavy (non-hydrogen) atoms. The number of ether oxygens (including phenoxy) is 2. The van der Waals surface area contributed by atoms with E-state index >= 15 is 0 Å². The van der Waals surface area contributed by atoms with Crippen LogP contribution >= 0.6 is 0 Å². The number of amides is 3. The van der Waals surface area contributed by atoms with E-state index in [0.717, 1.165) is 11.1 Å². The summed E-state index contributed by atoms with van der Waals surface area (Å²) in [5.41, 5.74) is 2.13. The Morgan fingerprint density at radius 3 is 2.63 bits per heavy atom. The molecule has 0 spiro atoms. The Kier molecular flexibility index (Phi) is 10.6. The van der Waals surface area contributed by atoms with Crippen molar-refractivity contribution in [1.29, 1.82) is 0 Å². The van der Waals surface area contributed by atoms with Crippen LogP contribution in [0, 0.1) is 5.92 Å². The molecule has 0 saturated carbocycles. The first-order chi connectivity index (χ1) is 22.3. The van der Waals surface area contributed by atoms with Crippen molar-refractivity contribution in [2.45, 2.75) is 39.3 Å². The second kappa shape index (κ2) is 15.2. The van der Waals surface area contributed by atoms with Gasteiger partial charge in [-0.05, 0) is 42.2 Å². The molecule has 1 aliphatic heterocycles. The molecular weight excluding hydrogens is 586 g/mol. The smallest absolute Gasteiger partial charge is 0.251 e. The average Bonchev–Trinajstić information content (AvgIpc) is 3.49. The third-order valence-corrected chi connectivity index (χ3v) is 7.68. The van der Waals surface area contributed by atoms with E-state index in [2.05, 4.69) is 15.6 Å². The largest absolute Gasteiger partial charge is 0.493 e. The number of aromatic nitrogens is 4. The summed E-state index contributed by atoms with van der Waals surface area (Å²) in [5, 5.41) is 10.8. The van der Waals surface area contributed by atoms with Crippen molar-refractivity contribution in [3.63, 3.8) is 0 Å². The maximum absolute atomic E-state index is 13.6. The molecular formula is C34H39N7O5. The molecule has 240 valence electrons. The van der Waals surface area contributed by atoms with Crippen molar-refractivity contribution in [1.82, 2.24) is 35.3 Å². The van der Waals surface area contributed by atoms with Crippen molar-refractivity contribution in [3.05, 3.63) is 90.0 Å². The lowest BCUT2D eigenvalue weighted by Crippen LogP contribution is -2.46. The Labute approximate surface area is 268 Å². The fourth-order valence-electron chi connectivity index (χ4n) is 5.21. The van der Waals surface area contributed by atoms with Crippen molar-refractivity contribution in [2.75, 3.05) is 33.4 Å². The van der Waals surface area contributed by atoms with Crippen LogP contribution in [0.4, 0.5) is 0 Å². The van der Waals surface area contributed by atoms with Gasteiger partial charge in [0.1, 0.15) is 6.61 Å². The number of nitrogens with zero attached hydrogens (tertiary/aromatic N) is 5. The van der Waals surface area contributed by atoms with E-state index in [1.807, 2.05) is 56.3 Å². The third kappa shape index (κ3) is 8.06. The highest BCUT2D eigenvalue weighted by molar-refractivity contribution is 5.95. The lowest BCUT2D eigenvalue weighted by molar-refractivity contribution is -0.136. The van der Waals surface area contributed by atoms with E-state index < -0.39 is 6.04 Å². The summed E-state index contributed by atoms with van der Waals surface area (Å²) in [6.45, 7) is 4.61. The van der Waals surface area contributed by atoms with Crippen LogP contribution in [-0.2, 0) is 22.6 Å². The summed E-state index contributed by atoms with van der Waals surface area (Å²) >= 11 is 0. The average molecular weight is 626 g/mol. The zero-order valence-electron chi connectivity index (χ0n) is 26.3. The van der Waals surface area contributed by atoms with Gasteiger partial charge in [-0.2, -0.15) is 5.10 Å². The van der Waals surface area contributed by atoms with Gasteiger partial charge in [-0.15, -0.1) is 0 Å². The van der Waals surface area contributed by atoms with Crippen LogP contribution in [-0.4, -0.2) is 75.7 Å². The molecule has 3 amide bonds. The van der Waals surface area contributed by atoms with Crippen molar-refractivity contribution < 1.29 is 23.9 Å². The molecule has 3 heterocycles. The molecule has 2 aromatic carbocycles. The first-order valence-electron chi connectivity index (χ1n) is 15.4. The molecule has 0 unspecified atom stereocenters. The number of nitrogens with one attached hydrogen (secondary N) is 2. The lowest BCUT2D eigenvalue weighted by Gasteiger charge is -2.26. The van der Waals surface area contributed by atoms with Gasteiger partial charge in [0.2, 0.25) is 11.8 Å². The Bertz CT molecular complexity index is 1640. The van der Waals surface area contributed by atoms with Crippen LogP contribution in [0.2, 0.25) is 0 Å². The number of benzene rings is 2. The number of aryl methyl sites for hydroxylation is 1. The molecule has 0 aliphatic carbocycles. The molecule has 5 rings (SSSR count). The summed E-state index contributed by atoms with van der Waals surface area (Å²) in [7, 11) is 1.54. The topological polar surface area (TPSA) is 141 Å². The van der Waals surface area contributed by atoms with Gasteiger partial charge in [0.05, 0.1) is 26.2 Å². The summed E-state index contributed by atoms with van der Waals surface area (Å²) < 4.78 is 13.3. The second-order valence-electron chi connectivity index (χ2n) is 11.3. The maximum Gasteiger partial charge on any atom is 0.251 e. The minimum atomic E-state index is -0.502. The normalized spacial score (nSPS) is 16.1. The van der Waals surface area contributed by atoms with Crippen LogP contribution in [0.1, 0.15) is 48.1 Å². The number of carbonyl (C=O) groups excluding carboxylic acids is 3. The Balaban J connectivity index is 1.47. The number of carbonyl (C=O) groups is 3. The first kappa shape index (κ1) is 32.1. The molecule has 12 nitrogen and oxygen atoms in total. The summed E-state index contributed by atoms with van der Waals surface area (Å²) in [5.74, 6) is 1.05. The third-order valence-electron chi connectivity index (χ3n) is 7.68. The zero-order chi connectivity index (χ0) is 32.5. The van der Waals surface area contributed by atoms with Gasteiger partial charge in [-0.1, -0.05) is 50.2 Å². The zero-order valence-corrected chi connectivity index (χ0v) is 26.3. The second-order valence-corrected chi connectivity index (χ2v) is 11.3. The van der Waals surface area contributed by atoms with Crippen LogP contribution in [0.3, 0.4) is 0 Å². The Morgan fingerprint density at radius 2 is 1.89 bits per heavy atom. The Morgan fingerprint density at radius 1 is 1.07 bits per heavy atom. The highest BCUT2D eigenvalue weighted by Crippen LogP contribution is 2.29. The number of fused-ring (bicyclic) bond motifs is 3. The van der Waals surface area contributed by atoms with Crippen LogP contribution in [0.25, 0.3) is 11.4 Å². The van der Waals surface area contributed by atoms with Crippen LogP contribution in [0.5, 0.6) is 11.5 Å². The van der Waals surface area contributed by atoms with E-state index in [-0.39, 0.29) is 56.3 Å². The van der Waals surface area contributed by atoms with Gasteiger partial charge in [-0.3, -0.25) is 19.4 Å². The predicted molar refractivity (Wildman–Crippen MR) is 171 cm³/mol. The highest BCUT2D eigenvalue weighted by atomic mass is 16.5. The fourth-order valence-corrected chi connectivity index (χ4v) is 5.21. The summed E-state index contributed by atoms with van der Waals surface area (Å²) in [6, 6.07) is 17.8. The molecule has 2 aromatic heterocycles. The molecule has 2 N–H and O–H groups in total. The summed E-state index contributed by atoms with van der Waals surface area (Å²) in [4.78, 5) is 50.6. The van der Waals surface area contributed by atoms with Gasteiger partial charge in [0.15, 0.2) is 23.1 Å². The molecule has 1 aliphatic rings. The Hall–Kier alpha value is -5.26. The van der Waals surface area contributed by atoms with Gasteiger partial charge >= 0.3 is 0 Å². The van der Waals surface area contributed by atoms with E-state index in [1.54, 1.807) is 35.3 Å². The number of methoxy groups -OCH3 is 1. The van der Waals surface area contributed by atoms with E-state index in [4.69, 9.17) is 19.6 Å². The van der Waals surface area contributed by atoms with Crippen LogP contribution < -0.4 is 20.1 Å².